The maximum absolute atomic E-state index is 10.6. The highest BCUT2D eigenvalue weighted by atomic mass is 35.5. The predicted octanol–water partition coefficient (Wildman–Crippen LogP) is 3.85. The van der Waals surface area contributed by atoms with Gasteiger partial charge in [-0.1, -0.05) is 11.6 Å². The minimum atomic E-state index is -0.487. The number of carbonyl (C=O) groups excluding carboxylic acids is 1. The van der Waals surface area contributed by atoms with Crippen LogP contribution in [0.3, 0.4) is 0 Å². The van der Waals surface area contributed by atoms with E-state index in [4.69, 9.17) is 16.3 Å². The van der Waals surface area contributed by atoms with Crippen molar-refractivity contribution in [3.8, 4) is 11.5 Å². The van der Waals surface area contributed by atoms with Crippen molar-refractivity contribution in [1.29, 1.82) is 0 Å². The lowest BCUT2D eigenvalue weighted by atomic mass is 10.2. The van der Waals surface area contributed by atoms with Gasteiger partial charge in [0.25, 0.3) is 5.69 Å². The highest BCUT2D eigenvalue weighted by Gasteiger charge is 2.06. The number of nitro benzene ring substituents is 1. The van der Waals surface area contributed by atoms with Crippen LogP contribution in [0.25, 0.3) is 0 Å². The summed E-state index contributed by atoms with van der Waals surface area (Å²) < 4.78 is 5.47. The van der Waals surface area contributed by atoms with Crippen LogP contribution in [0.15, 0.2) is 42.5 Å². The predicted molar refractivity (Wildman–Crippen MR) is 70.0 cm³/mol. The van der Waals surface area contributed by atoms with Gasteiger partial charge in [0.05, 0.1) is 9.95 Å². The van der Waals surface area contributed by atoms with Crippen molar-refractivity contribution in [3.63, 3.8) is 0 Å². The summed E-state index contributed by atoms with van der Waals surface area (Å²) in [7, 11) is 0. The van der Waals surface area contributed by atoms with Crippen LogP contribution in [-0.4, -0.2) is 11.2 Å². The molecule has 0 amide bonds. The Labute approximate surface area is 113 Å². The van der Waals surface area contributed by atoms with Crippen molar-refractivity contribution in [3.05, 3.63) is 63.2 Å². The molecule has 5 nitrogen and oxygen atoms in total. The molecule has 0 heterocycles. The molecule has 0 bridgehead atoms. The lowest BCUT2D eigenvalue weighted by molar-refractivity contribution is -0.384. The molecule has 96 valence electrons. The van der Waals surface area contributed by atoms with Crippen LogP contribution in [0.1, 0.15) is 10.4 Å². The van der Waals surface area contributed by atoms with Gasteiger partial charge < -0.3 is 4.74 Å². The number of hydrogen-bond acceptors (Lipinski definition) is 4. The number of non-ortho nitro benzene ring substituents is 1. The number of ether oxygens (including phenoxy) is 1. The Hall–Kier alpha value is -2.40. The van der Waals surface area contributed by atoms with Gasteiger partial charge in [-0.05, 0) is 24.3 Å². The molecule has 19 heavy (non-hydrogen) atoms. The average molecular weight is 278 g/mol. The van der Waals surface area contributed by atoms with Crippen LogP contribution in [0.2, 0.25) is 5.02 Å². The van der Waals surface area contributed by atoms with E-state index in [0.717, 1.165) is 0 Å². The highest BCUT2D eigenvalue weighted by Crippen LogP contribution is 2.27. The SMILES string of the molecule is O=Cc1ccc(Oc2ccc([N+](=O)[O-])cc2)cc1Cl. The van der Waals surface area contributed by atoms with Crippen molar-refractivity contribution < 1.29 is 14.5 Å². The molecule has 2 rings (SSSR count). The van der Waals surface area contributed by atoms with Crippen LogP contribution in [0.5, 0.6) is 11.5 Å². The lowest BCUT2D eigenvalue weighted by Crippen LogP contribution is -1.89. The van der Waals surface area contributed by atoms with Crippen LogP contribution in [0, 0.1) is 10.1 Å². The Kier molecular flexibility index (Phi) is 3.77. The van der Waals surface area contributed by atoms with Crippen LogP contribution in [-0.2, 0) is 0 Å². The van der Waals surface area contributed by atoms with E-state index in [1.165, 1.54) is 36.4 Å². The first-order valence-corrected chi connectivity index (χ1v) is 5.65. The van der Waals surface area contributed by atoms with E-state index >= 15 is 0 Å². The van der Waals surface area contributed by atoms with E-state index in [1.807, 2.05) is 0 Å². The van der Waals surface area contributed by atoms with Gasteiger partial charge in [0.1, 0.15) is 11.5 Å². The van der Waals surface area contributed by atoms with Crippen LogP contribution in [0.4, 0.5) is 5.69 Å². The molecule has 0 fully saturated rings. The second-order valence-electron chi connectivity index (χ2n) is 3.65. The molecule has 0 saturated carbocycles. The van der Waals surface area contributed by atoms with Crippen LogP contribution < -0.4 is 4.74 Å². The number of nitrogens with zero attached hydrogens (tertiary/aromatic N) is 1. The summed E-state index contributed by atoms with van der Waals surface area (Å²) in [5.74, 6) is 0.893. The van der Waals surface area contributed by atoms with Gasteiger partial charge in [-0.15, -0.1) is 0 Å². The summed E-state index contributed by atoms with van der Waals surface area (Å²) in [5.41, 5.74) is 0.361. The largest absolute Gasteiger partial charge is 0.457 e. The Morgan fingerprint density at radius 1 is 1.11 bits per heavy atom. The highest BCUT2D eigenvalue weighted by molar-refractivity contribution is 6.33. The summed E-state index contributed by atoms with van der Waals surface area (Å²) in [6, 6.07) is 10.3. The minimum absolute atomic E-state index is 0.0123. The summed E-state index contributed by atoms with van der Waals surface area (Å²) in [6.07, 6.45) is 0.651. The fourth-order valence-electron chi connectivity index (χ4n) is 1.44. The topological polar surface area (TPSA) is 69.4 Å². The standard InChI is InChI=1S/C13H8ClNO4/c14-13-7-12(4-1-9(13)8-16)19-11-5-2-10(3-6-11)15(17)18/h1-8H. The Morgan fingerprint density at radius 3 is 2.26 bits per heavy atom. The number of nitro groups is 1. The van der Waals surface area contributed by atoms with E-state index in [1.54, 1.807) is 6.07 Å². The summed E-state index contributed by atoms with van der Waals surface area (Å²) >= 11 is 5.86. The Bertz CT molecular complexity index is 625. The Balaban J connectivity index is 2.19. The zero-order valence-electron chi connectivity index (χ0n) is 9.58. The maximum Gasteiger partial charge on any atom is 0.269 e. The van der Waals surface area contributed by atoms with E-state index in [2.05, 4.69) is 0 Å². The number of hydrogen-bond donors (Lipinski definition) is 0. The third kappa shape index (κ3) is 3.08. The third-order valence-corrected chi connectivity index (χ3v) is 2.71. The van der Waals surface area contributed by atoms with Gasteiger partial charge in [-0.3, -0.25) is 14.9 Å². The van der Waals surface area contributed by atoms with Crippen molar-refractivity contribution in [2.45, 2.75) is 0 Å². The smallest absolute Gasteiger partial charge is 0.269 e. The molecule has 0 aliphatic carbocycles. The number of halogens is 1. The lowest BCUT2D eigenvalue weighted by Gasteiger charge is -2.06. The van der Waals surface area contributed by atoms with E-state index in [-0.39, 0.29) is 10.7 Å². The molecule has 0 atom stereocenters. The average Bonchev–Trinajstić information content (AvgIpc) is 2.39. The van der Waals surface area contributed by atoms with E-state index < -0.39 is 4.92 Å². The molecule has 0 unspecified atom stereocenters. The molecular formula is C13H8ClNO4. The van der Waals surface area contributed by atoms with Gasteiger partial charge in [-0.2, -0.15) is 0 Å². The molecule has 0 radical (unpaired) electrons. The third-order valence-electron chi connectivity index (χ3n) is 2.38. The zero-order valence-corrected chi connectivity index (χ0v) is 10.3. The van der Waals surface area contributed by atoms with Crippen molar-refractivity contribution >= 4 is 23.6 Å². The molecule has 0 aromatic heterocycles. The molecule has 2 aromatic carbocycles. The number of aldehydes is 1. The monoisotopic (exact) mass is 277 g/mol. The van der Waals surface area contributed by atoms with E-state index in [9.17, 15) is 14.9 Å². The molecule has 2 aromatic rings. The first-order chi connectivity index (χ1) is 9.10. The summed E-state index contributed by atoms with van der Waals surface area (Å²) in [6.45, 7) is 0. The number of benzene rings is 2. The summed E-state index contributed by atoms with van der Waals surface area (Å²) in [5, 5.41) is 10.8. The Morgan fingerprint density at radius 2 is 1.74 bits per heavy atom. The van der Waals surface area contributed by atoms with Crippen molar-refractivity contribution in [1.82, 2.24) is 0 Å². The maximum atomic E-state index is 10.6. The number of rotatable bonds is 4. The fraction of sp³-hybridized carbons (Fsp3) is 0. The normalized spacial score (nSPS) is 9.95. The summed E-state index contributed by atoms with van der Waals surface area (Å²) in [4.78, 5) is 20.6. The van der Waals surface area contributed by atoms with Crippen molar-refractivity contribution in [2.75, 3.05) is 0 Å². The molecule has 0 aliphatic rings. The zero-order chi connectivity index (χ0) is 13.8. The first-order valence-electron chi connectivity index (χ1n) is 5.27. The molecule has 0 aliphatic heterocycles. The quantitative estimate of drug-likeness (QED) is 0.483. The second-order valence-corrected chi connectivity index (χ2v) is 4.06. The van der Waals surface area contributed by atoms with Gasteiger partial charge in [0, 0.05) is 23.8 Å². The fourth-order valence-corrected chi connectivity index (χ4v) is 1.65. The molecule has 0 N–H and O–H groups in total. The minimum Gasteiger partial charge on any atom is -0.457 e. The van der Waals surface area contributed by atoms with Gasteiger partial charge in [0.2, 0.25) is 0 Å². The molecular weight excluding hydrogens is 270 g/mol. The number of carbonyl (C=O) groups is 1. The molecule has 6 heteroatoms. The van der Waals surface area contributed by atoms with Gasteiger partial charge in [-0.25, -0.2) is 0 Å². The second kappa shape index (κ2) is 5.49. The van der Waals surface area contributed by atoms with Gasteiger partial charge >= 0.3 is 0 Å². The van der Waals surface area contributed by atoms with E-state index in [0.29, 0.717) is 23.3 Å². The molecule has 0 saturated heterocycles. The molecule has 0 spiro atoms. The van der Waals surface area contributed by atoms with Gasteiger partial charge in [0.15, 0.2) is 6.29 Å². The van der Waals surface area contributed by atoms with Crippen molar-refractivity contribution in [2.24, 2.45) is 0 Å². The first kappa shape index (κ1) is 13.0. The van der Waals surface area contributed by atoms with Crippen LogP contribution >= 0.6 is 11.6 Å².